The van der Waals surface area contributed by atoms with Crippen molar-refractivity contribution in [3.05, 3.63) is 107 Å². The highest BCUT2D eigenvalue weighted by atomic mass is 32.2. The van der Waals surface area contributed by atoms with Gasteiger partial charge in [-0.15, -0.1) is 0 Å². The van der Waals surface area contributed by atoms with Crippen LogP contribution in [0.5, 0.6) is 0 Å². The summed E-state index contributed by atoms with van der Waals surface area (Å²) in [4.78, 5) is 12.7. The lowest BCUT2D eigenvalue weighted by Crippen LogP contribution is -2.13. The second-order valence-corrected chi connectivity index (χ2v) is 11.1. The van der Waals surface area contributed by atoms with Crippen LogP contribution in [-0.4, -0.2) is 31.8 Å². The number of benzene rings is 3. The maximum atomic E-state index is 14.4. The highest BCUT2D eigenvalue weighted by Gasteiger charge is 2.35. The van der Waals surface area contributed by atoms with Crippen LogP contribution in [0.4, 0.5) is 23.2 Å². The summed E-state index contributed by atoms with van der Waals surface area (Å²) in [6.07, 6.45) is -2.34. The van der Waals surface area contributed by atoms with Crippen LogP contribution in [0, 0.1) is 12.7 Å². The Hall–Kier alpha value is -3.96. The molecule has 6 nitrogen and oxygen atoms in total. The summed E-state index contributed by atoms with van der Waals surface area (Å²) in [6.45, 7) is 2.15. The van der Waals surface area contributed by atoms with Crippen molar-refractivity contribution in [2.24, 2.45) is 0 Å². The van der Waals surface area contributed by atoms with E-state index in [1.807, 2.05) is 30.3 Å². The van der Waals surface area contributed by atoms with Crippen LogP contribution in [0.2, 0.25) is 0 Å². The van der Waals surface area contributed by atoms with Gasteiger partial charge in [-0.2, -0.15) is 13.2 Å². The molecule has 0 bridgehead atoms. The maximum Gasteiger partial charge on any atom is 0.417 e. The molecule has 0 saturated heterocycles. The van der Waals surface area contributed by atoms with Crippen LogP contribution in [0.25, 0.3) is 11.3 Å². The quantitative estimate of drug-likeness (QED) is 0.183. The van der Waals surface area contributed by atoms with E-state index in [9.17, 15) is 30.8 Å². The van der Waals surface area contributed by atoms with E-state index < -0.39 is 38.2 Å². The lowest BCUT2D eigenvalue weighted by atomic mass is 10.00. The van der Waals surface area contributed by atoms with Crippen molar-refractivity contribution in [2.75, 3.05) is 18.2 Å². The number of ether oxygens (including phenoxy) is 1. The Kier molecular flexibility index (Phi) is 8.45. The summed E-state index contributed by atoms with van der Waals surface area (Å²) in [5.74, 6) is -1.73. The number of carbonyl (C=O) groups is 1. The summed E-state index contributed by atoms with van der Waals surface area (Å²) in [5, 5.41) is 2.50. The summed E-state index contributed by atoms with van der Waals surface area (Å²) >= 11 is 0. The predicted octanol–water partition coefficient (Wildman–Crippen LogP) is 6.49. The minimum atomic E-state index is -4.64. The number of carbonyl (C=O) groups excluding carboxylic acids is 1. The Morgan fingerprint density at radius 2 is 1.68 bits per heavy atom. The first-order valence-electron chi connectivity index (χ1n) is 12.1. The highest BCUT2D eigenvalue weighted by Crippen LogP contribution is 2.39. The van der Waals surface area contributed by atoms with Crippen molar-refractivity contribution in [3.63, 3.8) is 0 Å². The van der Waals surface area contributed by atoms with E-state index in [0.717, 1.165) is 30.0 Å². The Morgan fingerprint density at radius 3 is 2.33 bits per heavy atom. The third kappa shape index (κ3) is 6.60. The van der Waals surface area contributed by atoms with E-state index in [4.69, 9.17) is 4.74 Å². The van der Waals surface area contributed by atoms with Crippen molar-refractivity contribution < 1.29 is 35.5 Å². The van der Waals surface area contributed by atoms with Gasteiger partial charge in [0, 0.05) is 30.2 Å². The monoisotopic (exact) mass is 574 g/mol. The van der Waals surface area contributed by atoms with Crippen molar-refractivity contribution in [1.29, 1.82) is 0 Å². The van der Waals surface area contributed by atoms with Crippen molar-refractivity contribution >= 4 is 21.4 Å². The number of hydrogen-bond acceptors (Lipinski definition) is 4. The summed E-state index contributed by atoms with van der Waals surface area (Å²) in [5.41, 5.74) is 0.521. The number of halogens is 4. The summed E-state index contributed by atoms with van der Waals surface area (Å²) in [6, 6.07) is 17.6. The Bertz CT molecular complexity index is 1630. The minimum absolute atomic E-state index is 0.00881. The molecule has 0 unspecified atom stereocenters. The minimum Gasteiger partial charge on any atom is -0.375 e. The SMILES string of the molecule is Cc1c(C(=O)Nc2ccc(S(C)(=O)=O)c(F)c2)cn(CCOCc2ccccc2)c1-c1ccccc1C(F)(F)F. The van der Waals surface area contributed by atoms with Crippen LogP contribution in [0.3, 0.4) is 0 Å². The van der Waals surface area contributed by atoms with Gasteiger partial charge in [0.1, 0.15) is 10.7 Å². The molecule has 0 radical (unpaired) electrons. The first-order chi connectivity index (χ1) is 18.9. The van der Waals surface area contributed by atoms with Gasteiger partial charge in [0.25, 0.3) is 5.91 Å². The van der Waals surface area contributed by atoms with Gasteiger partial charge in [0.2, 0.25) is 0 Å². The molecule has 0 aliphatic rings. The number of rotatable bonds is 9. The molecule has 3 aromatic carbocycles. The molecule has 0 aliphatic carbocycles. The molecule has 11 heteroatoms. The fraction of sp³-hybridized carbons (Fsp3) is 0.207. The molecule has 1 N–H and O–H groups in total. The van der Waals surface area contributed by atoms with E-state index in [0.29, 0.717) is 6.61 Å². The van der Waals surface area contributed by atoms with Gasteiger partial charge in [-0.05, 0) is 42.3 Å². The van der Waals surface area contributed by atoms with E-state index in [-0.39, 0.29) is 41.2 Å². The molecule has 4 rings (SSSR count). The van der Waals surface area contributed by atoms with Gasteiger partial charge in [0.15, 0.2) is 9.84 Å². The topological polar surface area (TPSA) is 77.4 Å². The van der Waals surface area contributed by atoms with E-state index in [1.54, 1.807) is 0 Å². The molecule has 1 heterocycles. The van der Waals surface area contributed by atoms with E-state index in [1.165, 1.54) is 42.0 Å². The second kappa shape index (κ2) is 11.6. The van der Waals surface area contributed by atoms with Crippen LogP contribution in [0.1, 0.15) is 27.0 Å². The molecule has 1 aromatic heterocycles. The van der Waals surface area contributed by atoms with E-state index >= 15 is 0 Å². The molecule has 0 spiro atoms. The summed E-state index contributed by atoms with van der Waals surface area (Å²) < 4.78 is 86.7. The molecule has 0 saturated carbocycles. The number of sulfone groups is 1. The number of hydrogen-bond donors (Lipinski definition) is 1. The zero-order chi connectivity index (χ0) is 29.1. The molecular weight excluding hydrogens is 548 g/mol. The Labute approximate surface area is 229 Å². The number of aromatic nitrogens is 1. The fourth-order valence-corrected chi connectivity index (χ4v) is 5.09. The lowest BCUT2D eigenvalue weighted by Gasteiger charge is -2.16. The average molecular weight is 575 g/mol. The molecular formula is C29H26F4N2O4S. The third-order valence-corrected chi connectivity index (χ3v) is 7.37. The molecule has 4 aromatic rings. The van der Waals surface area contributed by atoms with Gasteiger partial charge < -0.3 is 14.6 Å². The van der Waals surface area contributed by atoms with Gasteiger partial charge in [-0.25, -0.2) is 12.8 Å². The number of anilines is 1. The van der Waals surface area contributed by atoms with E-state index in [2.05, 4.69) is 5.32 Å². The second-order valence-electron chi connectivity index (χ2n) is 9.16. The van der Waals surface area contributed by atoms with Gasteiger partial charge in [0.05, 0.1) is 30.0 Å². The lowest BCUT2D eigenvalue weighted by molar-refractivity contribution is -0.137. The number of alkyl halides is 3. The molecule has 40 heavy (non-hydrogen) atoms. The van der Waals surface area contributed by atoms with Crippen LogP contribution in [0.15, 0.2) is 83.9 Å². The maximum absolute atomic E-state index is 14.4. The predicted molar refractivity (Wildman–Crippen MR) is 143 cm³/mol. The van der Waals surface area contributed by atoms with Crippen molar-refractivity contribution in [2.45, 2.75) is 31.1 Å². The molecule has 1 amide bonds. The van der Waals surface area contributed by atoms with Crippen LogP contribution < -0.4 is 5.32 Å². The largest absolute Gasteiger partial charge is 0.417 e. The van der Waals surface area contributed by atoms with Crippen molar-refractivity contribution in [3.8, 4) is 11.3 Å². The molecule has 0 atom stereocenters. The van der Waals surface area contributed by atoms with Gasteiger partial charge >= 0.3 is 6.18 Å². The highest BCUT2D eigenvalue weighted by molar-refractivity contribution is 7.90. The van der Waals surface area contributed by atoms with Gasteiger partial charge in [-0.3, -0.25) is 4.79 Å². The molecule has 210 valence electrons. The standard InChI is InChI=1S/C29H26F4N2O4S/c1-19-23(28(36)34-21-12-13-26(25(30)16-21)40(2,37)38)17-35(14-15-39-18-20-8-4-3-5-9-20)27(19)22-10-6-7-11-24(22)29(31,32)33/h3-13,16-17H,14-15,18H2,1-2H3,(H,34,36). The zero-order valence-corrected chi connectivity index (χ0v) is 22.4. The van der Waals surface area contributed by atoms with Crippen molar-refractivity contribution in [1.82, 2.24) is 4.57 Å². The van der Waals surface area contributed by atoms with Crippen LogP contribution >= 0.6 is 0 Å². The number of amides is 1. The fourth-order valence-electron chi connectivity index (χ4n) is 4.36. The molecule has 0 fully saturated rings. The zero-order valence-electron chi connectivity index (χ0n) is 21.6. The number of nitrogens with one attached hydrogen (secondary N) is 1. The smallest absolute Gasteiger partial charge is 0.375 e. The van der Waals surface area contributed by atoms with Gasteiger partial charge in [-0.1, -0.05) is 48.5 Å². The first kappa shape index (κ1) is 29.0. The Morgan fingerprint density at radius 1 is 1.00 bits per heavy atom. The van der Waals surface area contributed by atoms with Crippen LogP contribution in [-0.2, 0) is 33.9 Å². The molecule has 0 aliphatic heterocycles. The average Bonchev–Trinajstić information content (AvgIpc) is 3.22. The number of nitrogens with zero attached hydrogens (tertiary/aromatic N) is 1. The third-order valence-electron chi connectivity index (χ3n) is 6.24. The Balaban J connectivity index is 1.67. The normalized spacial score (nSPS) is 11.9. The summed E-state index contributed by atoms with van der Waals surface area (Å²) in [7, 11) is -3.81. The first-order valence-corrected chi connectivity index (χ1v) is 14.0.